The van der Waals surface area contributed by atoms with Crippen LogP contribution in [0, 0.1) is 5.82 Å². The number of rotatable bonds is 18. The van der Waals surface area contributed by atoms with Crippen LogP contribution in [0.1, 0.15) is 71.4 Å². The Bertz CT molecular complexity index is 3620. The fourth-order valence-corrected chi connectivity index (χ4v) is 9.97. The number of amides is 3. The Kier molecular flexibility index (Phi) is 13.6. The van der Waals surface area contributed by atoms with Crippen molar-refractivity contribution in [2.24, 2.45) is 14.1 Å². The van der Waals surface area contributed by atoms with Crippen LogP contribution in [0.25, 0.3) is 27.9 Å². The number of anilines is 3. The number of hydrogen-bond donors (Lipinski definition) is 4. The second-order valence-electron chi connectivity index (χ2n) is 18.3. The van der Waals surface area contributed by atoms with E-state index in [0.29, 0.717) is 52.9 Å². The summed E-state index contributed by atoms with van der Waals surface area (Å²) in [5, 5.41) is 12.8. The zero-order valence-electron chi connectivity index (χ0n) is 40.8. The average Bonchev–Trinajstić information content (AvgIpc) is 3.87. The number of fused-ring (bicyclic) bond motifs is 2. The SMILES string of the molecule is CCCOc1cccc(Oc2cc3c(cc2NS(=O)(=O)c2cccc(C(=O)NCCCC(=O)N4CCN(C(=O)c5ccc(Nc6nc(C7CC7)cn7c(-c8cn[nH]c8)cnc67)c(F)c5)CC4)c2)n(C)c(=O)n3C)c1. The predicted molar refractivity (Wildman–Crippen MR) is 274 cm³/mol. The summed E-state index contributed by atoms with van der Waals surface area (Å²) < 4.78 is 62.9. The van der Waals surface area contributed by atoms with Gasteiger partial charge in [-0.3, -0.25) is 37.7 Å². The molecule has 2 aliphatic rings. The number of imidazole rings is 2. The number of nitrogens with one attached hydrogen (secondary N) is 4. The first kappa shape index (κ1) is 49.1. The number of sulfonamides is 1. The highest BCUT2D eigenvalue weighted by Crippen LogP contribution is 2.41. The van der Waals surface area contributed by atoms with E-state index in [1.165, 1.54) is 51.6 Å². The van der Waals surface area contributed by atoms with Crippen molar-refractivity contribution in [2.45, 2.75) is 49.8 Å². The van der Waals surface area contributed by atoms with Crippen molar-refractivity contribution in [3.63, 3.8) is 0 Å². The molecule has 4 aromatic carbocycles. The Morgan fingerprint density at radius 1 is 0.865 bits per heavy atom. The molecule has 1 aliphatic carbocycles. The Morgan fingerprint density at radius 3 is 2.36 bits per heavy atom. The van der Waals surface area contributed by atoms with E-state index in [0.717, 1.165) is 36.2 Å². The van der Waals surface area contributed by atoms with E-state index >= 15 is 4.39 Å². The van der Waals surface area contributed by atoms with Crippen molar-refractivity contribution in [3.05, 3.63) is 137 Å². The number of ether oxygens (including phenoxy) is 2. The van der Waals surface area contributed by atoms with Crippen LogP contribution in [-0.4, -0.2) is 109 Å². The van der Waals surface area contributed by atoms with E-state index < -0.39 is 21.7 Å². The van der Waals surface area contributed by atoms with Gasteiger partial charge in [0, 0.05) is 100 Å². The van der Waals surface area contributed by atoms with Crippen molar-refractivity contribution in [3.8, 4) is 28.5 Å². The summed E-state index contributed by atoms with van der Waals surface area (Å²) in [6, 6.07) is 19.8. The van der Waals surface area contributed by atoms with Gasteiger partial charge in [-0.15, -0.1) is 0 Å². The molecular weight excluding hydrogens is 972 g/mol. The maximum Gasteiger partial charge on any atom is 0.328 e. The lowest BCUT2D eigenvalue weighted by Crippen LogP contribution is -2.50. The lowest BCUT2D eigenvalue weighted by Gasteiger charge is -2.35. The highest BCUT2D eigenvalue weighted by atomic mass is 32.2. The fraction of sp³-hybridized carbons (Fsp3) is 0.288. The molecule has 4 aromatic heterocycles. The number of aromatic amines is 1. The molecule has 1 saturated carbocycles. The molecule has 5 heterocycles. The number of halogens is 1. The molecular formula is C52H53FN12O8S. The first-order valence-electron chi connectivity index (χ1n) is 24.3. The van der Waals surface area contributed by atoms with Crippen LogP contribution in [0.15, 0.2) is 113 Å². The minimum absolute atomic E-state index is 0.0579. The Hall–Kier alpha value is -8.53. The van der Waals surface area contributed by atoms with Crippen LogP contribution in [0.3, 0.4) is 0 Å². The summed E-state index contributed by atoms with van der Waals surface area (Å²) in [5.41, 5.74) is 4.16. The molecule has 382 valence electrons. The van der Waals surface area contributed by atoms with Gasteiger partial charge in [-0.25, -0.2) is 27.6 Å². The lowest BCUT2D eigenvalue weighted by molar-refractivity contribution is -0.132. The summed E-state index contributed by atoms with van der Waals surface area (Å²) >= 11 is 0. The van der Waals surface area contributed by atoms with Gasteiger partial charge in [-0.05, 0) is 80.3 Å². The number of nitrogens with zero attached hydrogens (tertiary/aromatic N) is 8. The summed E-state index contributed by atoms with van der Waals surface area (Å²) in [6.45, 7) is 3.69. The molecule has 0 spiro atoms. The van der Waals surface area contributed by atoms with Gasteiger partial charge in [0.1, 0.15) is 17.3 Å². The van der Waals surface area contributed by atoms with E-state index in [-0.39, 0.29) is 89.8 Å². The normalized spacial score (nSPS) is 13.8. The molecule has 3 amide bonds. The number of carbonyl (C=O) groups is 3. The summed E-state index contributed by atoms with van der Waals surface area (Å²) in [5.74, 6) is 0.112. The predicted octanol–water partition coefficient (Wildman–Crippen LogP) is 6.95. The molecule has 1 saturated heterocycles. The third-order valence-corrected chi connectivity index (χ3v) is 14.4. The molecule has 4 N–H and O–H groups in total. The molecule has 2 fully saturated rings. The molecule has 0 radical (unpaired) electrons. The molecule has 22 heteroatoms. The van der Waals surface area contributed by atoms with Crippen molar-refractivity contribution in [1.29, 1.82) is 0 Å². The molecule has 0 unspecified atom stereocenters. The fourth-order valence-electron chi connectivity index (χ4n) is 8.86. The molecule has 74 heavy (non-hydrogen) atoms. The van der Waals surface area contributed by atoms with Gasteiger partial charge in [0.25, 0.3) is 21.8 Å². The van der Waals surface area contributed by atoms with Crippen LogP contribution in [0.4, 0.5) is 21.6 Å². The maximum atomic E-state index is 15.7. The highest BCUT2D eigenvalue weighted by Gasteiger charge is 2.29. The van der Waals surface area contributed by atoms with Gasteiger partial charge in [0.2, 0.25) is 5.91 Å². The first-order valence-corrected chi connectivity index (χ1v) is 25.7. The van der Waals surface area contributed by atoms with E-state index in [4.69, 9.17) is 14.5 Å². The topological polar surface area (TPSA) is 232 Å². The quantitative estimate of drug-likeness (QED) is 0.0640. The van der Waals surface area contributed by atoms with Gasteiger partial charge >= 0.3 is 5.69 Å². The molecule has 0 bridgehead atoms. The molecule has 10 rings (SSSR count). The zero-order chi connectivity index (χ0) is 51.7. The van der Waals surface area contributed by atoms with Crippen LogP contribution in [0.5, 0.6) is 17.2 Å². The third kappa shape index (κ3) is 10.2. The van der Waals surface area contributed by atoms with Crippen LogP contribution in [-0.2, 0) is 28.9 Å². The number of aryl methyl sites for hydroxylation is 2. The van der Waals surface area contributed by atoms with Gasteiger partial charge in [-0.2, -0.15) is 5.10 Å². The monoisotopic (exact) mass is 1020 g/mol. The minimum atomic E-state index is -4.32. The van der Waals surface area contributed by atoms with E-state index in [1.807, 2.05) is 17.5 Å². The van der Waals surface area contributed by atoms with Gasteiger partial charge in [0.05, 0.1) is 57.7 Å². The van der Waals surface area contributed by atoms with Gasteiger partial charge in [-0.1, -0.05) is 19.1 Å². The number of carbonyl (C=O) groups excluding carboxylic acids is 3. The number of aromatic nitrogens is 7. The van der Waals surface area contributed by atoms with E-state index in [9.17, 15) is 27.6 Å². The maximum absolute atomic E-state index is 15.7. The van der Waals surface area contributed by atoms with E-state index in [2.05, 4.69) is 30.5 Å². The van der Waals surface area contributed by atoms with E-state index in [1.54, 1.807) is 78.9 Å². The van der Waals surface area contributed by atoms with Crippen LogP contribution >= 0.6 is 0 Å². The average molecular weight is 1030 g/mol. The summed E-state index contributed by atoms with van der Waals surface area (Å²) in [4.78, 5) is 65.3. The summed E-state index contributed by atoms with van der Waals surface area (Å²) in [6.07, 6.45) is 10.4. The van der Waals surface area contributed by atoms with Crippen molar-refractivity contribution in [1.82, 2.24) is 48.8 Å². The molecule has 0 atom stereocenters. The Balaban J connectivity index is 0.718. The minimum Gasteiger partial charge on any atom is -0.493 e. The summed E-state index contributed by atoms with van der Waals surface area (Å²) in [7, 11) is -1.13. The largest absolute Gasteiger partial charge is 0.493 e. The number of piperazine rings is 1. The van der Waals surface area contributed by atoms with Crippen molar-refractivity contribution >= 4 is 61.6 Å². The number of H-pyrrole nitrogens is 1. The second kappa shape index (κ2) is 20.5. The van der Waals surface area contributed by atoms with Crippen LogP contribution in [0.2, 0.25) is 0 Å². The lowest BCUT2D eigenvalue weighted by atomic mass is 10.1. The molecule has 8 aromatic rings. The van der Waals surface area contributed by atoms with Gasteiger partial charge in [0.15, 0.2) is 17.2 Å². The first-order chi connectivity index (χ1) is 35.7. The molecule has 1 aliphatic heterocycles. The zero-order valence-corrected chi connectivity index (χ0v) is 41.6. The number of benzene rings is 4. The number of hydrogen-bond acceptors (Lipinski definition) is 12. The second-order valence-corrected chi connectivity index (χ2v) is 19.9. The van der Waals surface area contributed by atoms with Crippen molar-refractivity contribution < 1.29 is 36.7 Å². The van der Waals surface area contributed by atoms with Crippen molar-refractivity contribution in [2.75, 3.05) is 49.4 Å². The molecule has 20 nitrogen and oxygen atoms in total. The highest BCUT2D eigenvalue weighted by molar-refractivity contribution is 7.92. The Labute approximate surface area is 424 Å². The smallest absolute Gasteiger partial charge is 0.328 e. The van der Waals surface area contributed by atoms with Gasteiger partial charge < -0.3 is 29.9 Å². The standard InChI is InChI=1S/C52H53FN12O8S/c1-4-22-72-36-9-6-10-37(25-36)73-46-27-44-43(61(2)52(69)62(44)3)26-41(46)60-74(70,71)38-11-5-8-33(23-38)50(67)54-17-7-12-47(66)63-18-20-64(21-19-63)51(68)34-15-16-40(39(53)24-34)58-48-49-55-30-45(35-28-56-57-29-35)65(49)31-42(59-48)32-13-14-32/h5-6,8-11,15-16,23-32,60H,4,7,12-14,17-22H2,1-3H3,(H,54,67)(H,56,57)(H,58,59). The van der Waals surface area contributed by atoms with Crippen LogP contribution < -0.4 is 30.5 Å². The Morgan fingerprint density at radius 2 is 1.62 bits per heavy atom. The third-order valence-electron chi connectivity index (χ3n) is 13.1.